The lowest BCUT2D eigenvalue weighted by molar-refractivity contribution is 0.0524. The number of esters is 1. The second-order valence-electron chi connectivity index (χ2n) is 5.61. The number of hydrogen-bond donors (Lipinski definition) is 0. The normalized spacial score (nSPS) is 10.4. The summed E-state index contributed by atoms with van der Waals surface area (Å²) in [6.45, 7) is 3.73. The number of carbonyl (C=O) groups is 1. The minimum atomic E-state index is -0.473. The first-order valence-corrected chi connectivity index (χ1v) is 9.32. The van der Waals surface area contributed by atoms with E-state index in [-0.39, 0.29) is 6.61 Å². The summed E-state index contributed by atoms with van der Waals surface area (Å²) in [4.78, 5) is 20.8. The number of aryl methyl sites for hydroxylation is 1. The average Bonchev–Trinajstić information content (AvgIpc) is 3.16. The molecule has 0 saturated carbocycles. The molecule has 0 fully saturated rings. The van der Waals surface area contributed by atoms with E-state index in [0.29, 0.717) is 33.5 Å². The molecular weight excluding hydrogens is 362 g/mol. The minimum Gasteiger partial charge on any atom is -0.462 e. The Morgan fingerprint density at radius 2 is 2.07 bits per heavy atom. The van der Waals surface area contributed by atoms with Crippen LogP contribution in [0.3, 0.4) is 0 Å². The number of nitriles is 1. The molecule has 0 spiro atoms. The van der Waals surface area contributed by atoms with E-state index in [2.05, 4.69) is 16.0 Å². The number of pyridine rings is 1. The van der Waals surface area contributed by atoms with Gasteiger partial charge in [0.25, 0.3) is 0 Å². The molecule has 3 aromatic rings. The third-order valence-electron chi connectivity index (χ3n) is 3.72. The van der Waals surface area contributed by atoms with Crippen molar-refractivity contribution in [3.05, 3.63) is 65.2 Å². The largest absolute Gasteiger partial charge is 0.462 e. The predicted molar refractivity (Wildman–Crippen MR) is 101 cm³/mol. The molecule has 27 heavy (non-hydrogen) atoms. The number of benzene rings is 1. The highest BCUT2D eigenvalue weighted by Gasteiger charge is 2.17. The minimum absolute atomic E-state index is 0.270. The first-order chi connectivity index (χ1) is 13.1. The Labute approximate surface area is 161 Å². The topological polar surface area (TPSA) is 89.0 Å². The van der Waals surface area contributed by atoms with Crippen LogP contribution in [-0.4, -0.2) is 22.5 Å². The molecule has 0 aliphatic carbocycles. The summed E-state index contributed by atoms with van der Waals surface area (Å²) in [6.07, 6.45) is 1.60. The van der Waals surface area contributed by atoms with Crippen LogP contribution in [0.4, 0.5) is 0 Å². The molecule has 136 valence electrons. The van der Waals surface area contributed by atoms with E-state index in [9.17, 15) is 10.1 Å². The lowest BCUT2D eigenvalue weighted by Gasteiger charge is -2.08. The van der Waals surface area contributed by atoms with Crippen molar-refractivity contribution < 1.29 is 13.9 Å². The number of aromatic nitrogens is 2. The Balaban J connectivity index is 1.76. The molecule has 0 N–H and O–H groups in total. The fourth-order valence-electron chi connectivity index (χ4n) is 2.42. The summed E-state index contributed by atoms with van der Waals surface area (Å²) in [5.41, 5.74) is 2.82. The maximum atomic E-state index is 12.0. The standard InChI is InChI=1S/C20H17N3O3S/c1-3-25-20(24)17-9-15(10-21)19(22-13(17)2)27-12-16-11-26-18(23-16)14-7-5-4-6-8-14/h4-9,11H,3,12H2,1-2H3. The van der Waals surface area contributed by atoms with Gasteiger partial charge in [0.2, 0.25) is 5.89 Å². The summed E-state index contributed by atoms with van der Waals surface area (Å²) in [6, 6.07) is 13.2. The number of thioether (sulfide) groups is 1. The number of ether oxygens (including phenoxy) is 1. The summed E-state index contributed by atoms with van der Waals surface area (Å²) >= 11 is 1.37. The predicted octanol–water partition coefficient (Wildman–Crippen LogP) is 4.39. The zero-order chi connectivity index (χ0) is 19.2. The van der Waals surface area contributed by atoms with Gasteiger partial charge in [0, 0.05) is 11.3 Å². The molecule has 0 aliphatic heterocycles. The van der Waals surface area contributed by atoms with Crippen molar-refractivity contribution in [1.82, 2.24) is 9.97 Å². The molecule has 0 bridgehead atoms. The van der Waals surface area contributed by atoms with Crippen molar-refractivity contribution in [3.63, 3.8) is 0 Å². The van der Waals surface area contributed by atoms with Gasteiger partial charge in [-0.1, -0.05) is 30.0 Å². The quantitative estimate of drug-likeness (QED) is 0.463. The van der Waals surface area contributed by atoms with Gasteiger partial charge in [-0.15, -0.1) is 0 Å². The average molecular weight is 379 g/mol. The molecule has 0 saturated heterocycles. The maximum Gasteiger partial charge on any atom is 0.340 e. The van der Waals surface area contributed by atoms with Gasteiger partial charge in [0.1, 0.15) is 17.4 Å². The van der Waals surface area contributed by atoms with Crippen LogP contribution in [0, 0.1) is 18.3 Å². The van der Waals surface area contributed by atoms with Crippen LogP contribution in [-0.2, 0) is 10.5 Å². The van der Waals surface area contributed by atoms with E-state index in [4.69, 9.17) is 9.15 Å². The van der Waals surface area contributed by atoms with E-state index >= 15 is 0 Å². The highest BCUT2D eigenvalue weighted by molar-refractivity contribution is 7.98. The molecule has 2 aromatic heterocycles. The smallest absolute Gasteiger partial charge is 0.340 e. The maximum absolute atomic E-state index is 12.0. The van der Waals surface area contributed by atoms with Gasteiger partial charge in [-0.3, -0.25) is 0 Å². The van der Waals surface area contributed by atoms with Crippen LogP contribution < -0.4 is 0 Å². The molecule has 0 atom stereocenters. The van der Waals surface area contributed by atoms with E-state index in [0.717, 1.165) is 11.3 Å². The third kappa shape index (κ3) is 4.36. The van der Waals surface area contributed by atoms with E-state index in [1.165, 1.54) is 17.8 Å². The van der Waals surface area contributed by atoms with Crippen molar-refractivity contribution in [1.29, 1.82) is 5.26 Å². The second-order valence-corrected chi connectivity index (χ2v) is 6.57. The molecule has 6 nitrogen and oxygen atoms in total. The van der Waals surface area contributed by atoms with E-state index in [1.807, 2.05) is 30.3 Å². The second kappa shape index (κ2) is 8.52. The molecule has 0 aliphatic rings. The SMILES string of the molecule is CCOC(=O)c1cc(C#N)c(SCc2coc(-c3ccccc3)n2)nc1C. The Kier molecular flexibility index (Phi) is 5.89. The Morgan fingerprint density at radius 3 is 2.78 bits per heavy atom. The van der Waals surface area contributed by atoms with Crippen LogP contribution in [0.2, 0.25) is 0 Å². The van der Waals surface area contributed by atoms with Gasteiger partial charge in [-0.05, 0) is 32.0 Å². The fourth-order valence-corrected chi connectivity index (χ4v) is 3.30. The zero-order valence-corrected chi connectivity index (χ0v) is 15.7. The summed E-state index contributed by atoms with van der Waals surface area (Å²) in [5.74, 6) is 0.573. The lowest BCUT2D eigenvalue weighted by atomic mass is 10.1. The summed E-state index contributed by atoms with van der Waals surface area (Å²) < 4.78 is 10.5. The first-order valence-electron chi connectivity index (χ1n) is 8.33. The van der Waals surface area contributed by atoms with Crippen LogP contribution in [0.5, 0.6) is 0 Å². The molecule has 0 amide bonds. The Bertz CT molecular complexity index is 993. The van der Waals surface area contributed by atoms with Gasteiger partial charge >= 0.3 is 5.97 Å². The summed E-state index contributed by atoms with van der Waals surface area (Å²) in [7, 11) is 0. The summed E-state index contributed by atoms with van der Waals surface area (Å²) in [5, 5.41) is 9.95. The number of rotatable bonds is 6. The molecule has 1 aromatic carbocycles. The van der Waals surface area contributed by atoms with Gasteiger partial charge in [-0.2, -0.15) is 5.26 Å². The monoisotopic (exact) mass is 379 g/mol. The van der Waals surface area contributed by atoms with Gasteiger partial charge in [0.15, 0.2) is 0 Å². The molecular formula is C20H17N3O3S. The van der Waals surface area contributed by atoms with Crippen molar-refractivity contribution in [2.75, 3.05) is 6.61 Å². The van der Waals surface area contributed by atoms with Crippen LogP contribution in [0.25, 0.3) is 11.5 Å². The van der Waals surface area contributed by atoms with Gasteiger partial charge in [0.05, 0.1) is 29.1 Å². The third-order valence-corrected chi connectivity index (χ3v) is 4.75. The van der Waals surface area contributed by atoms with Crippen molar-refractivity contribution >= 4 is 17.7 Å². The number of nitrogens with zero attached hydrogens (tertiary/aromatic N) is 3. The number of oxazole rings is 1. The van der Waals surface area contributed by atoms with Gasteiger partial charge in [-0.25, -0.2) is 14.8 Å². The highest BCUT2D eigenvalue weighted by atomic mass is 32.2. The van der Waals surface area contributed by atoms with Crippen molar-refractivity contribution in [2.45, 2.75) is 24.6 Å². The van der Waals surface area contributed by atoms with E-state index < -0.39 is 5.97 Å². The Morgan fingerprint density at radius 1 is 1.30 bits per heavy atom. The molecule has 0 radical (unpaired) electrons. The molecule has 0 unspecified atom stereocenters. The number of carbonyl (C=O) groups excluding carboxylic acids is 1. The van der Waals surface area contributed by atoms with Crippen molar-refractivity contribution in [3.8, 4) is 17.5 Å². The first kappa shape index (κ1) is 18.7. The lowest BCUT2D eigenvalue weighted by Crippen LogP contribution is -2.09. The molecule has 3 rings (SSSR count). The number of hydrogen-bond acceptors (Lipinski definition) is 7. The van der Waals surface area contributed by atoms with Crippen LogP contribution >= 0.6 is 11.8 Å². The van der Waals surface area contributed by atoms with E-state index in [1.54, 1.807) is 20.1 Å². The van der Waals surface area contributed by atoms with Crippen LogP contribution in [0.1, 0.15) is 34.2 Å². The van der Waals surface area contributed by atoms with Crippen molar-refractivity contribution in [2.24, 2.45) is 0 Å². The van der Waals surface area contributed by atoms with Crippen LogP contribution in [0.15, 0.2) is 52.1 Å². The molecule has 2 heterocycles. The highest BCUT2D eigenvalue weighted by Crippen LogP contribution is 2.27. The fraction of sp³-hybridized carbons (Fsp3) is 0.200. The van der Waals surface area contributed by atoms with Gasteiger partial charge < -0.3 is 9.15 Å². The Hall–Kier alpha value is -3.11. The zero-order valence-electron chi connectivity index (χ0n) is 14.9. The molecule has 7 heteroatoms.